The van der Waals surface area contributed by atoms with Crippen molar-refractivity contribution in [2.24, 2.45) is 0 Å². The molecule has 1 atom stereocenters. The molecule has 0 amide bonds. The average molecular weight is 234 g/mol. The molecule has 0 bridgehead atoms. The molecule has 5 nitrogen and oxygen atoms in total. The van der Waals surface area contributed by atoms with Crippen molar-refractivity contribution in [1.29, 1.82) is 0 Å². The maximum Gasteiger partial charge on any atom is 0.218 e. The smallest absolute Gasteiger partial charge is 0.218 e. The minimum absolute atomic E-state index is 0.260. The third-order valence-electron chi connectivity index (χ3n) is 3.36. The third kappa shape index (κ3) is 2.49. The number of hydrogen-bond acceptors (Lipinski definition) is 5. The van der Waals surface area contributed by atoms with Gasteiger partial charge >= 0.3 is 0 Å². The highest BCUT2D eigenvalue weighted by Gasteiger charge is 2.18. The molecule has 17 heavy (non-hydrogen) atoms. The molecule has 3 heterocycles. The van der Waals surface area contributed by atoms with Gasteiger partial charge in [-0.25, -0.2) is 9.97 Å². The predicted molar refractivity (Wildman–Crippen MR) is 65.4 cm³/mol. The van der Waals surface area contributed by atoms with Gasteiger partial charge in [-0.15, -0.1) is 0 Å². The molecule has 5 heteroatoms. The summed E-state index contributed by atoms with van der Waals surface area (Å²) in [6.07, 6.45) is 5.43. The average Bonchev–Trinajstić information content (AvgIpc) is 3.01. The highest BCUT2D eigenvalue weighted by molar-refractivity contribution is 5.41. The van der Waals surface area contributed by atoms with Crippen LogP contribution in [0.25, 0.3) is 0 Å². The minimum atomic E-state index is 0.260. The second-order valence-corrected chi connectivity index (χ2v) is 4.64. The maximum atomic E-state index is 5.84. The summed E-state index contributed by atoms with van der Waals surface area (Å²) in [7, 11) is 0. The van der Waals surface area contributed by atoms with Crippen molar-refractivity contribution in [2.75, 3.05) is 31.1 Å². The van der Waals surface area contributed by atoms with Crippen LogP contribution >= 0.6 is 0 Å². The highest BCUT2D eigenvalue weighted by atomic mass is 16.5. The van der Waals surface area contributed by atoms with Gasteiger partial charge in [0.15, 0.2) is 0 Å². The summed E-state index contributed by atoms with van der Waals surface area (Å²) >= 11 is 0. The summed E-state index contributed by atoms with van der Waals surface area (Å²) < 4.78 is 5.84. The number of hydrogen-bond donors (Lipinski definition) is 1. The van der Waals surface area contributed by atoms with E-state index in [1.165, 1.54) is 12.8 Å². The van der Waals surface area contributed by atoms with E-state index in [2.05, 4.69) is 20.2 Å². The van der Waals surface area contributed by atoms with Crippen molar-refractivity contribution in [3.05, 3.63) is 12.4 Å². The SMILES string of the molecule is c1nc(OC2CCNC2)cc(N2CCCC2)n1. The van der Waals surface area contributed by atoms with E-state index in [-0.39, 0.29) is 6.10 Å². The molecule has 1 aromatic heterocycles. The number of nitrogens with one attached hydrogen (secondary N) is 1. The number of ether oxygens (including phenoxy) is 1. The molecular weight excluding hydrogens is 216 g/mol. The fourth-order valence-electron chi connectivity index (χ4n) is 2.41. The molecule has 1 N–H and O–H groups in total. The van der Waals surface area contributed by atoms with Gasteiger partial charge < -0.3 is 15.0 Å². The first-order valence-electron chi connectivity index (χ1n) is 6.36. The van der Waals surface area contributed by atoms with E-state index >= 15 is 0 Å². The lowest BCUT2D eigenvalue weighted by Crippen LogP contribution is -2.22. The molecular formula is C12H18N4O. The molecule has 1 aromatic rings. The molecule has 3 rings (SSSR count). The highest BCUT2D eigenvalue weighted by Crippen LogP contribution is 2.21. The van der Waals surface area contributed by atoms with Gasteiger partial charge in [-0.2, -0.15) is 0 Å². The van der Waals surface area contributed by atoms with Crippen LogP contribution < -0.4 is 15.0 Å². The van der Waals surface area contributed by atoms with Gasteiger partial charge in [0.1, 0.15) is 18.2 Å². The van der Waals surface area contributed by atoms with Crippen molar-refractivity contribution in [3.63, 3.8) is 0 Å². The molecule has 2 saturated heterocycles. The molecule has 2 aliphatic rings. The third-order valence-corrected chi connectivity index (χ3v) is 3.36. The fourth-order valence-corrected chi connectivity index (χ4v) is 2.41. The van der Waals surface area contributed by atoms with Gasteiger partial charge in [-0.05, 0) is 25.8 Å². The van der Waals surface area contributed by atoms with Crippen molar-refractivity contribution < 1.29 is 4.74 Å². The van der Waals surface area contributed by atoms with E-state index in [9.17, 15) is 0 Å². The van der Waals surface area contributed by atoms with Crippen molar-refractivity contribution in [2.45, 2.75) is 25.4 Å². The second-order valence-electron chi connectivity index (χ2n) is 4.64. The minimum Gasteiger partial charge on any atom is -0.473 e. The Hall–Kier alpha value is -1.36. The number of nitrogens with zero attached hydrogens (tertiary/aromatic N) is 3. The Labute approximate surface area is 101 Å². The molecule has 0 radical (unpaired) electrons. The Kier molecular flexibility index (Phi) is 3.09. The molecule has 92 valence electrons. The molecule has 2 aliphatic heterocycles. The quantitative estimate of drug-likeness (QED) is 0.839. The van der Waals surface area contributed by atoms with Crippen molar-refractivity contribution in [3.8, 4) is 5.88 Å². The maximum absolute atomic E-state index is 5.84. The van der Waals surface area contributed by atoms with E-state index in [4.69, 9.17) is 4.74 Å². The summed E-state index contributed by atoms with van der Waals surface area (Å²) in [5, 5.41) is 3.28. The van der Waals surface area contributed by atoms with Crippen LogP contribution in [-0.2, 0) is 0 Å². The molecule has 0 spiro atoms. The van der Waals surface area contributed by atoms with Gasteiger partial charge in [0.05, 0.1) is 0 Å². The zero-order chi connectivity index (χ0) is 11.5. The lowest BCUT2D eigenvalue weighted by molar-refractivity contribution is 0.213. The monoisotopic (exact) mass is 234 g/mol. The summed E-state index contributed by atoms with van der Waals surface area (Å²) in [4.78, 5) is 10.8. The summed E-state index contributed by atoms with van der Waals surface area (Å²) in [6.45, 7) is 4.15. The zero-order valence-electron chi connectivity index (χ0n) is 9.93. The van der Waals surface area contributed by atoms with E-state index in [0.29, 0.717) is 5.88 Å². The van der Waals surface area contributed by atoms with Gasteiger partial charge in [0.2, 0.25) is 5.88 Å². The van der Waals surface area contributed by atoms with E-state index in [1.54, 1.807) is 6.33 Å². The van der Waals surface area contributed by atoms with Crippen molar-refractivity contribution >= 4 is 5.82 Å². The van der Waals surface area contributed by atoms with Gasteiger partial charge in [-0.1, -0.05) is 0 Å². The first-order valence-corrected chi connectivity index (χ1v) is 6.36. The second kappa shape index (κ2) is 4.87. The largest absolute Gasteiger partial charge is 0.473 e. The fraction of sp³-hybridized carbons (Fsp3) is 0.667. The Bertz CT molecular complexity index is 373. The van der Waals surface area contributed by atoms with Crippen LogP contribution in [0.15, 0.2) is 12.4 Å². The van der Waals surface area contributed by atoms with Crippen LogP contribution in [0.5, 0.6) is 5.88 Å². The summed E-state index contributed by atoms with van der Waals surface area (Å²) in [5.74, 6) is 1.70. The number of rotatable bonds is 3. The predicted octanol–water partition coefficient (Wildman–Crippen LogP) is 0.817. The number of anilines is 1. The van der Waals surface area contributed by atoms with E-state index in [0.717, 1.165) is 38.4 Å². The summed E-state index contributed by atoms with van der Waals surface area (Å²) in [6, 6.07) is 1.96. The number of aromatic nitrogens is 2. The first-order chi connectivity index (χ1) is 8.42. The molecule has 0 saturated carbocycles. The topological polar surface area (TPSA) is 50.3 Å². The molecule has 2 fully saturated rings. The summed E-state index contributed by atoms with van der Waals surface area (Å²) in [5.41, 5.74) is 0. The van der Waals surface area contributed by atoms with Gasteiger partial charge in [0, 0.05) is 25.7 Å². The van der Waals surface area contributed by atoms with Gasteiger partial charge in [0.25, 0.3) is 0 Å². The van der Waals surface area contributed by atoms with Crippen LogP contribution in [0, 0.1) is 0 Å². The Balaban J connectivity index is 1.69. The van der Waals surface area contributed by atoms with Crippen LogP contribution in [0.3, 0.4) is 0 Å². The van der Waals surface area contributed by atoms with E-state index < -0.39 is 0 Å². The van der Waals surface area contributed by atoms with Crippen LogP contribution in [0.2, 0.25) is 0 Å². The van der Waals surface area contributed by atoms with Crippen molar-refractivity contribution in [1.82, 2.24) is 15.3 Å². The standard InChI is InChI=1S/C12H18N4O/c1-2-6-16(5-1)11-7-12(15-9-14-11)17-10-3-4-13-8-10/h7,9-10,13H,1-6,8H2. The van der Waals surface area contributed by atoms with Crippen LogP contribution in [-0.4, -0.2) is 42.3 Å². The first kappa shape index (κ1) is 10.8. The van der Waals surface area contributed by atoms with E-state index in [1.807, 2.05) is 6.07 Å². The van der Waals surface area contributed by atoms with Crippen LogP contribution in [0.4, 0.5) is 5.82 Å². The Morgan fingerprint density at radius 3 is 2.94 bits per heavy atom. The normalized spacial score (nSPS) is 24.2. The lowest BCUT2D eigenvalue weighted by atomic mass is 10.3. The Morgan fingerprint density at radius 2 is 2.18 bits per heavy atom. The molecule has 0 aromatic carbocycles. The Morgan fingerprint density at radius 1 is 1.29 bits per heavy atom. The van der Waals surface area contributed by atoms with Gasteiger partial charge in [-0.3, -0.25) is 0 Å². The van der Waals surface area contributed by atoms with Crippen LogP contribution in [0.1, 0.15) is 19.3 Å². The lowest BCUT2D eigenvalue weighted by Gasteiger charge is -2.17. The zero-order valence-corrected chi connectivity index (χ0v) is 9.93. The molecule has 1 unspecified atom stereocenters. The molecule has 0 aliphatic carbocycles.